The van der Waals surface area contributed by atoms with Gasteiger partial charge in [0.15, 0.2) is 0 Å². The molecule has 0 aliphatic carbocycles. The number of nitrogens with zero attached hydrogens (tertiary/aromatic N) is 4. The Morgan fingerprint density at radius 3 is 2.22 bits per heavy atom. The standard InChI is InChI=1S/C30H21FN4O2/c1-20-26(29(36)34(30(37)27(20)17-32)18-21-12-14-24(31)15-13-21)16-23-19-35(25-10-6-3-7-11-25)33-28(23)22-8-4-2-5-9-22/h2-16,19H,18H2,1H3/b26-16+. The van der Waals surface area contributed by atoms with Crippen LogP contribution in [0.25, 0.3) is 23.0 Å². The van der Waals surface area contributed by atoms with Crippen molar-refractivity contribution in [1.29, 1.82) is 5.26 Å². The van der Waals surface area contributed by atoms with E-state index in [-0.39, 0.29) is 17.7 Å². The molecule has 1 aromatic heterocycles. The Bertz CT molecular complexity index is 1600. The van der Waals surface area contributed by atoms with Gasteiger partial charge in [0.2, 0.25) is 0 Å². The van der Waals surface area contributed by atoms with Crippen LogP contribution in [0, 0.1) is 17.1 Å². The predicted octanol–water partition coefficient (Wildman–Crippen LogP) is 5.47. The third-order valence-corrected chi connectivity index (χ3v) is 6.19. The lowest BCUT2D eigenvalue weighted by atomic mass is 9.93. The number of benzene rings is 3. The molecule has 6 nitrogen and oxygen atoms in total. The summed E-state index contributed by atoms with van der Waals surface area (Å²) in [6.45, 7) is 1.52. The van der Waals surface area contributed by atoms with Gasteiger partial charge >= 0.3 is 0 Å². The number of imide groups is 1. The molecule has 7 heteroatoms. The average Bonchev–Trinajstić information content (AvgIpc) is 3.35. The molecule has 1 aliphatic rings. The Hall–Kier alpha value is -5.09. The van der Waals surface area contributed by atoms with E-state index in [1.807, 2.05) is 72.9 Å². The molecule has 2 amide bonds. The summed E-state index contributed by atoms with van der Waals surface area (Å²) in [6.07, 6.45) is 3.49. The summed E-state index contributed by atoms with van der Waals surface area (Å²) in [4.78, 5) is 27.7. The molecular weight excluding hydrogens is 467 g/mol. The maximum absolute atomic E-state index is 13.6. The SMILES string of the molecule is CC1=C(C#N)C(=O)N(Cc2ccc(F)cc2)C(=O)/C1=C/c1cn(-c2ccccc2)nc1-c1ccccc1. The summed E-state index contributed by atoms with van der Waals surface area (Å²) in [6, 6.07) is 26.7. The summed E-state index contributed by atoms with van der Waals surface area (Å²) in [5, 5.41) is 14.5. The summed E-state index contributed by atoms with van der Waals surface area (Å²) in [5.41, 5.74) is 4.00. The van der Waals surface area contributed by atoms with Crippen molar-refractivity contribution in [3.05, 3.63) is 125 Å². The fourth-order valence-electron chi connectivity index (χ4n) is 4.23. The summed E-state index contributed by atoms with van der Waals surface area (Å²) >= 11 is 0. The number of nitriles is 1. The fraction of sp³-hybridized carbons (Fsp3) is 0.0667. The second-order valence-electron chi connectivity index (χ2n) is 8.57. The molecule has 3 aromatic carbocycles. The first-order chi connectivity index (χ1) is 18.0. The van der Waals surface area contributed by atoms with Crippen LogP contribution in [0.5, 0.6) is 0 Å². The lowest BCUT2D eigenvalue weighted by Gasteiger charge is -2.27. The third-order valence-electron chi connectivity index (χ3n) is 6.19. The van der Waals surface area contributed by atoms with Crippen LogP contribution in [0.3, 0.4) is 0 Å². The number of hydrogen-bond donors (Lipinski definition) is 0. The molecule has 0 fully saturated rings. The maximum atomic E-state index is 13.6. The van der Waals surface area contributed by atoms with E-state index in [4.69, 9.17) is 5.10 Å². The summed E-state index contributed by atoms with van der Waals surface area (Å²) in [5.74, 6) is -1.62. The van der Waals surface area contributed by atoms with E-state index in [9.17, 15) is 19.2 Å². The predicted molar refractivity (Wildman–Crippen MR) is 137 cm³/mol. The molecule has 1 aliphatic heterocycles. The Morgan fingerprint density at radius 2 is 1.57 bits per heavy atom. The highest BCUT2D eigenvalue weighted by atomic mass is 19.1. The van der Waals surface area contributed by atoms with Crippen molar-refractivity contribution in [2.45, 2.75) is 13.5 Å². The number of carbonyl (C=O) groups is 2. The molecule has 0 N–H and O–H groups in total. The monoisotopic (exact) mass is 488 g/mol. The van der Waals surface area contributed by atoms with Crippen molar-refractivity contribution in [1.82, 2.24) is 14.7 Å². The first-order valence-corrected chi connectivity index (χ1v) is 11.6. The molecule has 180 valence electrons. The lowest BCUT2D eigenvalue weighted by molar-refractivity contribution is -0.141. The molecular formula is C30H21FN4O2. The zero-order valence-corrected chi connectivity index (χ0v) is 19.9. The van der Waals surface area contributed by atoms with Gasteiger partial charge in [-0.05, 0) is 48.4 Å². The molecule has 0 radical (unpaired) electrons. The molecule has 0 spiro atoms. The molecule has 5 rings (SSSR count). The highest BCUT2D eigenvalue weighted by molar-refractivity contribution is 6.19. The van der Waals surface area contributed by atoms with Crippen molar-refractivity contribution in [3.63, 3.8) is 0 Å². The van der Waals surface area contributed by atoms with Gasteiger partial charge in [-0.15, -0.1) is 0 Å². The zero-order valence-electron chi connectivity index (χ0n) is 19.9. The minimum atomic E-state index is -0.672. The van der Waals surface area contributed by atoms with Gasteiger partial charge in [-0.2, -0.15) is 10.4 Å². The van der Waals surface area contributed by atoms with E-state index in [0.29, 0.717) is 22.4 Å². The maximum Gasteiger partial charge on any atom is 0.271 e. The van der Waals surface area contributed by atoms with E-state index >= 15 is 0 Å². The van der Waals surface area contributed by atoms with Crippen LogP contribution in [-0.2, 0) is 16.1 Å². The second kappa shape index (κ2) is 9.88. The molecule has 0 bridgehead atoms. The molecule has 4 aromatic rings. The molecule has 0 unspecified atom stereocenters. The fourth-order valence-corrected chi connectivity index (χ4v) is 4.23. The molecule has 37 heavy (non-hydrogen) atoms. The Labute approximate surface area is 213 Å². The number of carbonyl (C=O) groups excluding carboxylic acids is 2. The summed E-state index contributed by atoms with van der Waals surface area (Å²) in [7, 11) is 0. The highest BCUT2D eigenvalue weighted by Crippen LogP contribution is 2.31. The topological polar surface area (TPSA) is 79.0 Å². The van der Waals surface area contributed by atoms with Gasteiger partial charge in [0.25, 0.3) is 11.8 Å². The molecule has 2 heterocycles. The van der Waals surface area contributed by atoms with Crippen LogP contribution in [0.4, 0.5) is 4.39 Å². The van der Waals surface area contributed by atoms with Crippen molar-refractivity contribution in [3.8, 4) is 23.0 Å². The highest BCUT2D eigenvalue weighted by Gasteiger charge is 2.35. The Balaban J connectivity index is 1.63. The number of amides is 2. The van der Waals surface area contributed by atoms with Crippen LogP contribution in [-0.4, -0.2) is 26.5 Å². The first-order valence-electron chi connectivity index (χ1n) is 11.6. The summed E-state index contributed by atoms with van der Waals surface area (Å²) < 4.78 is 15.1. The van der Waals surface area contributed by atoms with Crippen molar-refractivity contribution in [2.75, 3.05) is 0 Å². The molecule has 0 atom stereocenters. The van der Waals surface area contributed by atoms with Crippen LogP contribution in [0.15, 0.2) is 108 Å². The number of aromatic nitrogens is 2. The first kappa shape index (κ1) is 23.6. The van der Waals surface area contributed by atoms with Crippen molar-refractivity contribution < 1.29 is 14.0 Å². The quantitative estimate of drug-likeness (QED) is 0.276. The smallest absolute Gasteiger partial charge is 0.269 e. The van der Waals surface area contributed by atoms with E-state index in [1.165, 1.54) is 24.3 Å². The van der Waals surface area contributed by atoms with Crippen LogP contribution in [0.1, 0.15) is 18.1 Å². The van der Waals surface area contributed by atoms with Gasteiger partial charge in [0, 0.05) is 22.9 Å². The third kappa shape index (κ3) is 4.60. The normalized spacial score (nSPS) is 14.8. The minimum absolute atomic E-state index is 0.0808. The van der Waals surface area contributed by atoms with E-state index in [0.717, 1.165) is 16.2 Å². The van der Waals surface area contributed by atoms with E-state index in [2.05, 4.69) is 0 Å². The average molecular weight is 489 g/mol. The van der Waals surface area contributed by atoms with Gasteiger partial charge in [-0.25, -0.2) is 9.07 Å². The largest absolute Gasteiger partial charge is 0.271 e. The van der Waals surface area contributed by atoms with E-state index < -0.39 is 17.6 Å². The van der Waals surface area contributed by atoms with Crippen LogP contribution >= 0.6 is 0 Å². The van der Waals surface area contributed by atoms with Crippen LogP contribution in [0.2, 0.25) is 0 Å². The van der Waals surface area contributed by atoms with Gasteiger partial charge < -0.3 is 0 Å². The number of para-hydroxylation sites is 1. The zero-order chi connectivity index (χ0) is 25.9. The van der Waals surface area contributed by atoms with Gasteiger partial charge in [-0.3, -0.25) is 14.5 Å². The molecule has 0 saturated carbocycles. The second-order valence-corrected chi connectivity index (χ2v) is 8.57. The molecule has 0 saturated heterocycles. The minimum Gasteiger partial charge on any atom is -0.269 e. The number of halogens is 1. The van der Waals surface area contributed by atoms with Crippen molar-refractivity contribution in [2.24, 2.45) is 0 Å². The van der Waals surface area contributed by atoms with Gasteiger partial charge in [0.1, 0.15) is 17.5 Å². The van der Waals surface area contributed by atoms with E-state index in [1.54, 1.807) is 17.7 Å². The number of rotatable bonds is 5. The van der Waals surface area contributed by atoms with Gasteiger partial charge in [-0.1, -0.05) is 60.7 Å². The lowest BCUT2D eigenvalue weighted by Crippen LogP contribution is -2.42. The van der Waals surface area contributed by atoms with Gasteiger partial charge in [0.05, 0.1) is 17.9 Å². The van der Waals surface area contributed by atoms with Crippen LogP contribution < -0.4 is 0 Å². The van der Waals surface area contributed by atoms with Crippen molar-refractivity contribution >= 4 is 17.9 Å². The Morgan fingerprint density at radius 1 is 0.919 bits per heavy atom. The number of hydrogen-bond acceptors (Lipinski definition) is 4. The Kier molecular flexibility index (Phi) is 6.31.